The number of hydrogen-bond acceptors (Lipinski definition) is 4. The summed E-state index contributed by atoms with van der Waals surface area (Å²) in [5.74, 6) is -1.35. The average molecular weight is 235 g/mol. The molecule has 1 saturated carbocycles. The number of nitrogens with two attached hydrogens (primary N) is 1. The number of anilines is 1. The molecule has 1 aliphatic carbocycles. The van der Waals surface area contributed by atoms with Gasteiger partial charge in [-0.05, 0) is 19.3 Å². The Bertz CT molecular complexity index is 363. The summed E-state index contributed by atoms with van der Waals surface area (Å²) < 4.78 is 42.6. The molecule has 0 spiro atoms. The maximum absolute atomic E-state index is 12.5. The van der Waals surface area contributed by atoms with Crippen LogP contribution in [0.15, 0.2) is 4.42 Å². The minimum absolute atomic E-state index is 0.0190. The first-order valence-corrected chi connectivity index (χ1v) is 5.12. The molecule has 2 rings (SSSR count). The van der Waals surface area contributed by atoms with Crippen LogP contribution in [0.5, 0.6) is 0 Å². The molecule has 7 heteroatoms. The summed E-state index contributed by atoms with van der Waals surface area (Å²) in [5, 5.41) is 7.11. The predicted octanol–water partition coefficient (Wildman–Crippen LogP) is 2.49. The number of aromatic nitrogens is 2. The van der Waals surface area contributed by atoms with Gasteiger partial charge in [-0.3, -0.25) is 0 Å². The van der Waals surface area contributed by atoms with Gasteiger partial charge in [-0.15, -0.1) is 5.10 Å². The van der Waals surface area contributed by atoms with E-state index in [2.05, 4.69) is 10.2 Å². The minimum atomic E-state index is -4.13. The third kappa shape index (κ3) is 2.28. The summed E-state index contributed by atoms with van der Waals surface area (Å²) in [4.78, 5) is 0. The van der Waals surface area contributed by atoms with E-state index in [9.17, 15) is 13.2 Å². The topological polar surface area (TPSA) is 64.9 Å². The lowest BCUT2D eigenvalue weighted by atomic mass is 9.81. The highest BCUT2D eigenvalue weighted by Crippen LogP contribution is 2.43. The van der Waals surface area contributed by atoms with E-state index in [0.717, 1.165) is 0 Å². The highest BCUT2D eigenvalue weighted by molar-refractivity contribution is 5.07. The van der Waals surface area contributed by atoms with Gasteiger partial charge in [0.1, 0.15) is 0 Å². The summed E-state index contributed by atoms with van der Waals surface area (Å²) in [6, 6.07) is -0.0934. The maximum atomic E-state index is 12.5. The quantitative estimate of drug-likeness (QED) is 0.812. The van der Waals surface area contributed by atoms with Crippen LogP contribution in [-0.4, -0.2) is 16.4 Å². The molecule has 0 saturated heterocycles. The minimum Gasteiger partial charge on any atom is -0.408 e. The Balaban J connectivity index is 2.07. The number of nitrogens with zero attached hydrogens (tertiary/aromatic N) is 2. The molecule has 0 aliphatic heterocycles. The van der Waals surface area contributed by atoms with Gasteiger partial charge >= 0.3 is 12.2 Å². The Morgan fingerprint density at radius 1 is 1.25 bits per heavy atom. The fourth-order valence-corrected chi connectivity index (χ4v) is 2.12. The van der Waals surface area contributed by atoms with E-state index in [0.29, 0.717) is 12.8 Å². The highest BCUT2D eigenvalue weighted by atomic mass is 19.4. The smallest absolute Gasteiger partial charge is 0.391 e. The number of hydrogen-bond donors (Lipinski definition) is 1. The van der Waals surface area contributed by atoms with Gasteiger partial charge in [0.2, 0.25) is 5.89 Å². The van der Waals surface area contributed by atoms with Crippen LogP contribution >= 0.6 is 0 Å². The molecule has 0 radical (unpaired) electrons. The van der Waals surface area contributed by atoms with Crippen molar-refractivity contribution < 1.29 is 17.6 Å². The Morgan fingerprint density at radius 3 is 2.56 bits per heavy atom. The van der Waals surface area contributed by atoms with Crippen molar-refractivity contribution >= 4 is 6.01 Å². The molecule has 2 N–H and O–H groups in total. The van der Waals surface area contributed by atoms with Gasteiger partial charge in [-0.1, -0.05) is 11.5 Å². The van der Waals surface area contributed by atoms with Crippen LogP contribution < -0.4 is 5.73 Å². The Kier molecular flexibility index (Phi) is 2.77. The van der Waals surface area contributed by atoms with E-state index in [1.807, 2.05) is 0 Å². The zero-order chi connectivity index (χ0) is 11.8. The van der Waals surface area contributed by atoms with Crippen molar-refractivity contribution in [2.75, 3.05) is 5.73 Å². The molecule has 0 aromatic carbocycles. The van der Waals surface area contributed by atoms with Gasteiger partial charge < -0.3 is 10.2 Å². The molecule has 0 bridgehead atoms. The first-order valence-electron chi connectivity index (χ1n) is 5.12. The second-order valence-electron chi connectivity index (χ2n) is 4.08. The zero-order valence-electron chi connectivity index (χ0n) is 8.50. The van der Waals surface area contributed by atoms with Crippen molar-refractivity contribution in [3.05, 3.63) is 5.89 Å². The fraction of sp³-hybridized carbons (Fsp3) is 0.778. The SMILES string of the molecule is Nc1nnc([C@H]2CCC[C@H](C(F)(F)F)C2)o1. The first-order chi connectivity index (χ1) is 7.47. The largest absolute Gasteiger partial charge is 0.408 e. The van der Waals surface area contributed by atoms with Crippen LogP contribution in [0.4, 0.5) is 19.2 Å². The maximum Gasteiger partial charge on any atom is 0.391 e. The monoisotopic (exact) mass is 235 g/mol. The van der Waals surface area contributed by atoms with E-state index >= 15 is 0 Å². The molecular weight excluding hydrogens is 223 g/mol. The fourth-order valence-electron chi connectivity index (χ4n) is 2.12. The Morgan fingerprint density at radius 2 is 2.00 bits per heavy atom. The van der Waals surface area contributed by atoms with Crippen molar-refractivity contribution in [1.82, 2.24) is 10.2 Å². The van der Waals surface area contributed by atoms with Crippen molar-refractivity contribution in [3.8, 4) is 0 Å². The molecule has 16 heavy (non-hydrogen) atoms. The normalized spacial score (nSPS) is 26.9. The number of nitrogen functional groups attached to an aromatic ring is 1. The van der Waals surface area contributed by atoms with Crippen LogP contribution in [0.2, 0.25) is 0 Å². The molecule has 1 heterocycles. The third-order valence-electron chi connectivity index (χ3n) is 2.94. The molecule has 1 aromatic heterocycles. The van der Waals surface area contributed by atoms with E-state index in [4.69, 9.17) is 10.2 Å². The van der Waals surface area contributed by atoms with Crippen LogP contribution in [0.3, 0.4) is 0 Å². The summed E-state index contributed by atoms with van der Waals surface area (Å²) in [5.41, 5.74) is 5.24. The molecule has 1 aromatic rings. The van der Waals surface area contributed by atoms with E-state index in [1.165, 1.54) is 0 Å². The van der Waals surface area contributed by atoms with E-state index in [1.54, 1.807) is 0 Å². The average Bonchev–Trinajstić information content (AvgIpc) is 2.64. The predicted molar refractivity (Wildman–Crippen MR) is 49.5 cm³/mol. The standard InChI is InChI=1S/C9H12F3N3O/c10-9(11,12)6-3-1-2-5(4-6)7-14-15-8(13)16-7/h5-6H,1-4H2,(H2,13,15)/t5-,6-/m0/s1. The van der Waals surface area contributed by atoms with Crippen LogP contribution in [0.1, 0.15) is 37.5 Å². The lowest BCUT2D eigenvalue weighted by Gasteiger charge is -2.28. The van der Waals surface area contributed by atoms with Crippen molar-refractivity contribution in [3.63, 3.8) is 0 Å². The van der Waals surface area contributed by atoms with Crippen LogP contribution in [-0.2, 0) is 0 Å². The van der Waals surface area contributed by atoms with E-state index < -0.39 is 12.1 Å². The second-order valence-corrected chi connectivity index (χ2v) is 4.08. The van der Waals surface area contributed by atoms with E-state index in [-0.39, 0.29) is 30.7 Å². The number of rotatable bonds is 1. The van der Waals surface area contributed by atoms with Crippen molar-refractivity contribution in [2.24, 2.45) is 5.92 Å². The van der Waals surface area contributed by atoms with Crippen LogP contribution in [0, 0.1) is 5.92 Å². The summed E-state index contributed by atoms with van der Waals surface area (Å²) in [6.45, 7) is 0. The summed E-state index contributed by atoms with van der Waals surface area (Å²) >= 11 is 0. The molecule has 1 aliphatic rings. The van der Waals surface area contributed by atoms with Crippen molar-refractivity contribution in [1.29, 1.82) is 0 Å². The Hall–Kier alpha value is -1.27. The van der Waals surface area contributed by atoms with Crippen molar-refractivity contribution in [2.45, 2.75) is 37.8 Å². The molecule has 90 valence electrons. The van der Waals surface area contributed by atoms with Gasteiger partial charge in [0.25, 0.3) is 0 Å². The van der Waals surface area contributed by atoms with Gasteiger partial charge in [-0.25, -0.2) is 0 Å². The Labute approximate surface area is 90.0 Å². The first kappa shape index (κ1) is 11.2. The third-order valence-corrected chi connectivity index (χ3v) is 2.94. The zero-order valence-corrected chi connectivity index (χ0v) is 8.50. The van der Waals surface area contributed by atoms with Gasteiger partial charge in [0.15, 0.2) is 0 Å². The lowest BCUT2D eigenvalue weighted by Crippen LogP contribution is -2.28. The van der Waals surface area contributed by atoms with Gasteiger partial charge in [-0.2, -0.15) is 13.2 Å². The molecule has 0 amide bonds. The molecule has 2 atom stereocenters. The molecule has 0 unspecified atom stereocenters. The van der Waals surface area contributed by atoms with Gasteiger partial charge in [0, 0.05) is 5.92 Å². The summed E-state index contributed by atoms with van der Waals surface area (Å²) in [7, 11) is 0. The van der Waals surface area contributed by atoms with Crippen LogP contribution in [0.25, 0.3) is 0 Å². The molecular formula is C9H12F3N3O. The molecule has 4 nitrogen and oxygen atoms in total. The highest BCUT2D eigenvalue weighted by Gasteiger charge is 2.43. The van der Waals surface area contributed by atoms with Gasteiger partial charge in [0.05, 0.1) is 5.92 Å². The molecule has 1 fully saturated rings. The number of alkyl halides is 3. The number of halogens is 3. The lowest BCUT2D eigenvalue weighted by molar-refractivity contribution is -0.183. The summed E-state index contributed by atoms with van der Waals surface area (Å²) in [6.07, 6.45) is -2.76. The second kappa shape index (κ2) is 3.95.